The van der Waals surface area contributed by atoms with Gasteiger partial charge < -0.3 is 5.43 Å². The maximum atomic E-state index is 5.43. The third kappa shape index (κ3) is 1.76. The van der Waals surface area contributed by atoms with E-state index in [-0.39, 0.29) is 0 Å². The van der Waals surface area contributed by atoms with Crippen molar-refractivity contribution in [2.45, 2.75) is 19.8 Å². The fourth-order valence-electron chi connectivity index (χ4n) is 1.52. The molecule has 0 saturated carbocycles. The Morgan fingerprint density at radius 1 is 1.13 bits per heavy atom. The molecule has 15 heavy (non-hydrogen) atoms. The van der Waals surface area contributed by atoms with Gasteiger partial charge in [-0.3, -0.25) is 0 Å². The quantitative estimate of drug-likeness (QED) is 0.577. The van der Waals surface area contributed by atoms with Crippen LogP contribution in [0.4, 0.5) is 5.82 Å². The molecule has 1 aromatic carbocycles. The van der Waals surface area contributed by atoms with Crippen molar-refractivity contribution in [3.8, 4) is 0 Å². The number of nitrogens with one attached hydrogen (secondary N) is 1. The van der Waals surface area contributed by atoms with Gasteiger partial charge in [-0.2, -0.15) is 0 Å². The first-order valence-corrected chi connectivity index (χ1v) is 4.95. The van der Waals surface area contributed by atoms with Gasteiger partial charge in [-0.1, -0.05) is 26.0 Å². The molecule has 78 valence electrons. The van der Waals surface area contributed by atoms with Crippen LogP contribution in [-0.2, 0) is 0 Å². The number of rotatable bonds is 2. The van der Waals surface area contributed by atoms with Gasteiger partial charge in [-0.25, -0.2) is 15.8 Å². The number of hydrazine groups is 1. The van der Waals surface area contributed by atoms with Crippen LogP contribution in [0, 0.1) is 0 Å². The Balaban J connectivity index is 2.69. The van der Waals surface area contributed by atoms with E-state index in [1.807, 2.05) is 24.3 Å². The average molecular weight is 202 g/mol. The molecular weight excluding hydrogens is 188 g/mol. The van der Waals surface area contributed by atoms with Crippen LogP contribution in [0.15, 0.2) is 24.3 Å². The van der Waals surface area contributed by atoms with Crippen LogP contribution in [0.1, 0.15) is 25.5 Å². The molecule has 0 amide bonds. The van der Waals surface area contributed by atoms with E-state index >= 15 is 0 Å². The summed E-state index contributed by atoms with van der Waals surface area (Å²) in [7, 11) is 0. The minimum Gasteiger partial charge on any atom is -0.307 e. The summed E-state index contributed by atoms with van der Waals surface area (Å²) in [6.45, 7) is 4.14. The van der Waals surface area contributed by atoms with E-state index in [1.165, 1.54) is 0 Å². The summed E-state index contributed by atoms with van der Waals surface area (Å²) in [6, 6.07) is 7.77. The first-order chi connectivity index (χ1) is 7.22. The lowest BCUT2D eigenvalue weighted by atomic mass is 10.1. The number of nitrogens with zero attached hydrogens (tertiary/aromatic N) is 2. The SMILES string of the molecule is CC(C)c1nc2ccccc2nc1NN. The largest absolute Gasteiger partial charge is 0.307 e. The topological polar surface area (TPSA) is 63.8 Å². The molecular formula is C11H14N4. The number of hydrogen-bond acceptors (Lipinski definition) is 4. The van der Waals surface area contributed by atoms with Crippen LogP contribution in [0.5, 0.6) is 0 Å². The van der Waals surface area contributed by atoms with Crippen LogP contribution in [0.3, 0.4) is 0 Å². The second-order valence-electron chi connectivity index (χ2n) is 3.75. The van der Waals surface area contributed by atoms with E-state index in [1.54, 1.807) is 0 Å². The van der Waals surface area contributed by atoms with Crippen molar-refractivity contribution < 1.29 is 0 Å². The van der Waals surface area contributed by atoms with Gasteiger partial charge in [0.15, 0.2) is 5.82 Å². The molecule has 0 fully saturated rings. The minimum absolute atomic E-state index is 0.299. The Hall–Kier alpha value is -1.68. The Bertz CT molecular complexity index is 479. The lowest BCUT2D eigenvalue weighted by Gasteiger charge is -2.11. The fourth-order valence-corrected chi connectivity index (χ4v) is 1.52. The Morgan fingerprint density at radius 3 is 2.27 bits per heavy atom. The zero-order valence-electron chi connectivity index (χ0n) is 8.86. The van der Waals surface area contributed by atoms with Gasteiger partial charge in [0.1, 0.15) is 0 Å². The zero-order valence-corrected chi connectivity index (χ0v) is 8.86. The van der Waals surface area contributed by atoms with E-state index in [9.17, 15) is 0 Å². The van der Waals surface area contributed by atoms with Crippen molar-refractivity contribution in [2.75, 3.05) is 5.43 Å². The first kappa shape index (κ1) is 9.86. The molecule has 3 N–H and O–H groups in total. The summed E-state index contributed by atoms with van der Waals surface area (Å²) >= 11 is 0. The first-order valence-electron chi connectivity index (χ1n) is 4.95. The van der Waals surface area contributed by atoms with E-state index in [4.69, 9.17) is 5.84 Å². The van der Waals surface area contributed by atoms with Crippen LogP contribution in [0.2, 0.25) is 0 Å². The lowest BCUT2D eigenvalue weighted by molar-refractivity contribution is 0.823. The van der Waals surface area contributed by atoms with E-state index in [2.05, 4.69) is 29.2 Å². The summed E-state index contributed by atoms with van der Waals surface area (Å²) in [5, 5.41) is 0. The highest BCUT2D eigenvalue weighted by Crippen LogP contribution is 2.22. The molecule has 0 aliphatic heterocycles. The highest BCUT2D eigenvalue weighted by atomic mass is 15.3. The van der Waals surface area contributed by atoms with Gasteiger partial charge in [0.25, 0.3) is 0 Å². The van der Waals surface area contributed by atoms with E-state index in [0.717, 1.165) is 16.7 Å². The number of fused-ring (bicyclic) bond motifs is 1. The molecule has 2 rings (SSSR count). The number of nitrogens with two attached hydrogens (primary N) is 1. The van der Waals surface area contributed by atoms with Gasteiger partial charge in [0.05, 0.1) is 16.7 Å². The molecule has 1 heterocycles. The van der Waals surface area contributed by atoms with Crippen molar-refractivity contribution in [3.63, 3.8) is 0 Å². The molecule has 0 radical (unpaired) electrons. The second kappa shape index (κ2) is 3.82. The highest BCUT2D eigenvalue weighted by molar-refractivity contribution is 5.76. The predicted molar refractivity (Wildman–Crippen MR) is 61.4 cm³/mol. The van der Waals surface area contributed by atoms with Crippen molar-refractivity contribution >= 4 is 16.9 Å². The van der Waals surface area contributed by atoms with Gasteiger partial charge in [-0.05, 0) is 18.1 Å². The molecule has 0 saturated heterocycles. The third-order valence-corrected chi connectivity index (χ3v) is 2.28. The lowest BCUT2D eigenvalue weighted by Crippen LogP contribution is -2.13. The number of hydrogen-bond donors (Lipinski definition) is 2. The Morgan fingerprint density at radius 2 is 1.73 bits per heavy atom. The van der Waals surface area contributed by atoms with E-state index in [0.29, 0.717) is 11.7 Å². The number of nitrogen functional groups attached to an aromatic ring is 1. The van der Waals surface area contributed by atoms with Gasteiger partial charge in [0.2, 0.25) is 0 Å². The maximum Gasteiger partial charge on any atom is 0.162 e. The third-order valence-electron chi connectivity index (χ3n) is 2.28. The molecule has 0 aliphatic carbocycles. The van der Waals surface area contributed by atoms with Crippen molar-refractivity contribution in [1.82, 2.24) is 9.97 Å². The fraction of sp³-hybridized carbons (Fsp3) is 0.273. The molecule has 0 unspecified atom stereocenters. The van der Waals surface area contributed by atoms with Crippen LogP contribution < -0.4 is 11.3 Å². The van der Waals surface area contributed by atoms with Gasteiger partial charge >= 0.3 is 0 Å². The molecule has 1 aromatic heterocycles. The van der Waals surface area contributed by atoms with Crippen molar-refractivity contribution in [3.05, 3.63) is 30.0 Å². The summed E-state index contributed by atoms with van der Waals surface area (Å²) in [6.07, 6.45) is 0. The van der Waals surface area contributed by atoms with Gasteiger partial charge in [0, 0.05) is 0 Å². The van der Waals surface area contributed by atoms with Crippen molar-refractivity contribution in [1.29, 1.82) is 0 Å². The van der Waals surface area contributed by atoms with Crippen LogP contribution in [0.25, 0.3) is 11.0 Å². The summed E-state index contributed by atoms with van der Waals surface area (Å²) in [5.74, 6) is 6.38. The molecule has 0 bridgehead atoms. The minimum atomic E-state index is 0.299. The number of para-hydroxylation sites is 2. The Labute approximate surface area is 88.5 Å². The molecule has 0 spiro atoms. The Kier molecular flexibility index (Phi) is 2.51. The molecule has 4 heteroatoms. The van der Waals surface area contributed by atoms with Gasteiger partial charge in [-0.15, -0.1) is 0 Å². The standard InChI is InChI=1S/C11H14N4/c1-7(2)10-11(15-12)14-9-6-4-3-5-8(9)13-10/h3-7H,12H2,1-2H3,(H,14,15). The highest BCUT2D eigenvalue weighted by Gasteiger charge is 2.10. The zero-order chi connectivity index (χ0) is 10.8. The molecule has 0 atom stereocenters. The smallest absolute Gasteiger partial charge is 0.162 e. The normalized spacial score (nSPS) is 10.9. The number of anilines is 1. The summed E-state index contributed by atoms with van der Waals surface area (Å²) < 4.78 is 0. The van der Waals surface area contributed by atoms with Crippen LogP contribution >= 0.6 is 0 Å². The number of aromatic nitrogens is 2. The van der Waals surface area contributed by atoms with E-state index < -0.39 is 0 Å². The molecule has 0 aliphatic rings. The summed E-state index contributed by atoms with van der Waals surface area (Å²) in [5.41, 5.74) is 5.25. The molecule has 2 aromatic rings. The second-order valence-corrected chi connectivity index (χ2v) is 3.75. The van der Waals surface area contributed by atoms with Crippen molar-refractivity contribution in [2.24, 2.45) is 5.84 Å². The molecule has 4 nitrogen and oxygen atoms in total. The monoisotopic (exact) mass is 202 g/mol. The predicted octanol–water partition coefficient (Wildman–Crippen LogP) is 2.04. The average Bonchev–Trinajstić information content (AvgIpc) is 2.27. The summed E-state index contributed by atoms with van der Waals surface area (Å²) in [4.78, 5) is 8.96. The number of benzene rings is 1. The van der Waals surface area contributed by atoms with Crippen LogP contribution in [-0.4, -0.2) is 9.97 Å². The maximum absolute atomic E-state index is 5.43.